The van der Waals surface area contributed by atoms with Crippen molar-refractivity contribution >= 4 is 28.2 Å². The van der Waals surface area contributed by atoms with Crippen LogP contribution in [0.5, 0.6) is 0 Å². The summed E-state index contributed by atoms with van der Waals surface area (Å²) in [5.41, 5.74) is 1.82. The quantitative estimate of drug-likeness (QED) is 0.521. The number of pyridine rings is 1. The fourth-order valence-corrected chi connectivity index (χ4v) is 3.76. The van der Waals surface area contributed by atoms with Gasteiger partial charge in [0.2, 0.25) is 0 Å². The van der Waals surface area contributed by atoms with Crippen molar-refractivity contribution < 1.29 is 4.39 Å². The minimum Gasteiger partial charge on any atom is -0.360 e. The number of aromatic nitrogens is 4. The molecule has 4 aromatic rings. The molecule has 0 saturated carbocycles. The monoisotopic (exact) mass is 379 g/mol. The van der Waals surface area contributed by atoms with Gasteiger partial charge in [-0.2, -0.15) is 0 Å². The molecule has 0 amide bonds. The summed E-state index contributed by atoms with van der Waals surface area (Å²) in [6.07, 6.45) is 1.52. The van der Waals surface area contributed by atoms with E-state index in [0.29, 0.717) is 35.7 Å². The Kier molecular flexibility index (Phi) is 3.79. The van der Waals surface area contributed by atoms with Gasteiger partial charge >= 0.3 is 0 Å². The second kappa shape index (κ2) is 6.32. The third-order valence-electron chi connectivity index (χ3n) is 4.90. The molecule has 0 spiro atoms. The molecule has 7 heteroatoms. The van der Waals surface area contributed by atoms with Gasteiger partial charge in [0.05, 0.1) is 17.3 Å². The van der Waals surface area contributed by atoms with Gasteiger partial charge < -0.3 is 9.47 Å². The predicted molar refractivity (Wildman–Crippen MR) is 103 cm³/mol. The summed E-state index contributed by atoms with van der Waals surface area (Å²) < 4.78 is 17.2. The lowest BCUT2D eigenvalue weighted by Gasteiger charge is -2.30. The van der Waals surface area contributed by atoms with E-state index in [2.05, 4.69) is 19.7 Å². The predicted octanol–water partition coefficient (Wildman–Crippen LogP) is 4.31. The van der Waals surface area contributed by atoms with Gasteiger partial charge in [0.25, 0.3) is 0 Å². The molecular weight excluding hydrogens is 365 g/mol. The van der Waals surface area contributed by atoms with Crippen molar-refractivity contribution in [3.05, 3.63) is 71.4 Å². The maximum absolute atomic E-state index is 15.1. The van der Waals surface area contributed by atoms with E-state index in [0.717, 1.165) is 17.2 Å². The van der Waals surface area contributed by atoms with Gasteiger partial charge in [-0.3, -0.25) is 4.98 Å². The Morgan fingerprint density at radius 3 is 2.67 bits per heavy atom. The van der Waals surface area contributed by atoms with Gasteiger partial charge in [0.15, 0.2) is 17.5 Å². The molecule has 134 valence electrons. The molecule has 5 nitrogen and oxygen atoms in total. The first-order valence-corrected chi connectivity index (χ1v) is 9.05. The molecule has 0 radical (unpaired) electrons. The van der Waals surface area contributed by atoms with Crippen LogP contribution >= 0.6 is 11.6 Å². The van der Waals surface area contributed by atoms with Gasteiger partial charge in [0.1, 0.15) is 5.52 Å². The number of benzene rings is 2. The Labute approximate surface area is 160 Å². The van der Waals surface area contributed by atoms with Crippen molar-refractivity contribution in [2.45, 2.75) is 13.1 Å². The highest BCUT2D eigenvalue weighted by molar-refractivity contribution is 6.35. The third-order valence-corrected chi connectivity index (χ3v) is 5.23. The Morgan fingerprint density at radius 1 is 0.963 bits per heavy atom. The molecule has 0 aliphatic carbocycles. The molecule has 0 saturated heterocycles. The van der Waals surface area contributed by atoms with Crippen molar-refractivity contribution in [2.24, 2.45) is 0 Å². The van der Waals surface area contributed by atoms with Crippen molar-refractivity contribution in [3.63, 3.8) is 0 Å². The van der Waals surface area contributed by atoms with Crippen molar-refractivity contribution in [1.82, 2.24) is 19.7 Å². The molecule has 0 atom stereocenters. The highest BCUT2D eigenvalue weighted by atomic mass is 35.5. The maximum Gasteiger partial charge on any atom is 0.172 e. The molecule has 2 aromatic heterocycles. The van der Waals surface area contributed by atoms with Crippen LogP contribution in [-0.2, 0) is 13.1 Å². The van der Waals surface area contributed by atoms with E-state index in [-0.39, 0.29) is 11.3 Å². The van der Waals surface area contributed by atoms with Gasteiger partial charge in [-0.25, -0.2) is 4.39 Å². The maximum atomic E-state index is 15.1. The molecule has 3 heterocycles. The SMILES string of the molecule is Fc1c(N2CCn3c(nnc3-c3ccccc3)C2)ccc2c(Cl)ccnc12. The van der Waals surface area contributed by atoms with Crippen molar-refractivity contribution in [3.8, 4) is 11.4 Å². The molecule has 27 heavy (non-hydrogen) atoms. The molecule has 2 aromatic carbocycles. The molecule has 1 aliphatic rings. The first-order valence-electron chi connectivity index (χ1n) is 8.67. The van der Waals surface area contributed by atoms with E-state index in [1.165, 1.54) is 6.20 Å². The number of anilines is 1. The Morgan fingerprint density at radius 2 is 1.81 bits per heavy atom. The van der Waals surface area contributed by atoms with Gasteiger partial charge in [-0.05, 0) is 18.2 Å². The highest BCUT2D eigenvalue weighted by Crippen LogP contribution is 2.32. The summed E-state index contributed by atoms with van der Waals surface area (Å²) in [4.78, 5) is 6.13. The van der Waals surface area contributed by atoms with E-state index >= 15 is 4.39 Å². The number of rotatable bonds is 2. The van der Waals surface area contributed by atoms with Gasteiger partial charge in [0, 0.05) is 30.2 Å². The Balaban J connectivity index is 1.51. The van der Waals surface area contributed by atoms with Crippen LogP contribution in [0.4, 0.5) is 10.1 Å². The second-order valence-electron chi connectivity index (χ2n) is 6.47. The van der Waals surface area contributed by atoms with Crippen LogP contribution in [0.1, 0.15) is 5.82 Å². The minimum absolute atomic E-state index is 0.289. The van der Waals surface area contributed by atoms with Crippen molar-refractivity contribution in [1.29, 1.82) is 0 Å². The summed E-state index contributed by atoms with van der Waals surface area (Å²) in [6, 6.07) is 15.2. The van der Waals surface area contributed by atoms with E-state index in [9.17, 15) is 0 Å². The van der Waals surface area contributed by atoms with E-state index in [1.807, 2.05) is 41.3 Å². The third kappa shape index (κ3) is 2.64. The first kappa shape index (κ1) is 16.2. The average molecular weight is 380 g/mol. The topological polar surface area (TPSA) is 46.8 Å². The molecule has 0 fully saturated rings. The summed E-state index contributed by atoms with van der Waals surface area (Å²) in [6.45, 7) is 1.84. The standard InChI is InChI=1S/C20H15ClFN5/c21-15-8-9-23-19-14(15)6-7-16(18(19)22)26-10-11-27-17(12-26)24-25-20(27)13-4-2-1-3-5-13/h1-9H,10-12H2. The average Bonchev–Trinajstić information content (AvgIpc) is 3.13. The van der Waals surface area contributed by atoms with Crippen LogP contribution in [0.15, 0.2) is 54.7 Å². The largest absolute Gasteiger partial charge is 0.360 e. The van der Waals surface area contributed by atoms with E-state index < -0.39 is 0 Å². The van der Waals surface area contributed by atoms with Crippen molar-refractivity contribution in [2.75, 3.05) is 11.4 Å². The van der Waals surface area contributed by atoms with Gasteiger partial charge in [-0.1, -0.05) is 41.9 Å². The Bertz CT molecular complexity index is 1140. The van der Waals surface area contributed by atoms with Crippen LogP contribution in [0.2, 0.25) is 5.02 Å². The van der Waals surface area contributed by atoms with E-state index in [4.69, 9.17) is 11.6 Å². The van der Waals surface area contributed by atoms with Crippen LogP contribution in [0, 0.1) is 5.82 Å². The highest BCUT2D eigenvalue weighted by Gasteiger charge is 2.24. The fraction of sp³-hybridized carbons (Fsp3) is 0.150. The summed E-state index contributed by atoms with van der Waals surface area (Å²) in [7, 11) is 0. The van der Waals surface area contributed by atoms with Crippen LogP contribution in [0.25, 0.3) is 22.3 Å². The Hall–Kier alpha value is -2.99. The zero-order chi connectivity index (χ0) is 18.4. The van der Waals surface area contributed by atoms with Gasteiger partial charge in [-0.15, -0.1) is 10.2 Å². The molecule has 5 rings (SSSR count). The van der Waals surface area contributed by atoms with E-state index in [1.54, 1.807) is 12.1 Å². The number of fused-ring (bicyclic) bond motifs is 2. The fourth-order valence-electron chi connectivity index (χ4n) is 3.55. The minimum atomic E-state index is -0.355. The molecule has 0 bridgehead atoms. The smallest absolute Gasteiger partial charge is 0.172 e. The lowest BCUT2D eigenvalue weighted by Crippen LogP contribution is -2.34. The lowest BCUT2D eigenvalue weighted by molar-refractivity contribution is 0.549. The number of nitrogens with zero attached hydrogens (tertiary/aromatic N) is 5. The number of hydrogen-bond acceptors (Lipinski definition) is 4. The molecule has 0 N–H and O–H groups in total. The number of halogens is 2. The second-order valence-corrected chi connectivity index (χ2v) is 6.87. The lowest BCUT2D eigenvalue weighted by atomic mass is 10.1. The zero-order valence-corrected chi connectivity index (χ0v) is 15.1. The summed E-state index contributed by atoms with van der Waals surface area (Å²) in [5, 5.41) is 9.78. The normalized spacial score (nSPS) is 13.8. The molecule has 1 aliphatic heterocycles. The first-order chi connectivity index (χ1) is 13.2. The summed E-state index contributed by atoms with van der Waals surface area (Å²) >= 11 is 6.15. The number of hydrogen-bond donors (Lipinski definition) is 0. The summed E-state index contributed by atoms with van der Waals surface area (Å²) in [5.74, 6) is 1.31. The molecule has 0 unspecified atom stereocenters. The van der Waals surface area contributed by atoms with Crippen LogP contribution in [-0.4, -0.2) is 26.3 Å². The zero-order valence-electron chi connectivity index (χ0n) is 14.3. The van der Waals surface area contributed by atoms with Crippen LogP contribution < -0.4 is 4.90 Å². The van der Waals surface area contributed by atoms with Crippen LogP contribution in [0.3, 0.4) is 0 Å². The molecular formula is C20H15ClFN5.